The third-order valence-corrected chi connectivity index (χ3v) is 8.11. The van der Waals surface area contributed by atoms with Crippen molar-refractivity contribution in [2.24, 2.45) is 20.6 Å². The lowest BCUT2D eigenvalue weighted by Crippen LogP contribution is -2.46. The van der Waals surface area contributed by atoms with Gasteiger partial charge < -0.3 is 10.2 Å². The SMILES string of the molecule is CC1N=NC(C2(C(=O)NCc3cc(F)cc(C(F)(F)F)c3)CCC(N3CCC(c4ccc(F)cc4)CC3)C2)=N1. The van der Waals surface area contributed by atoms with E-state index < -0.39 is 35.0 Å². The highest BCUT2D eigenvalue weighted by molar-refractivity contribution is 6.08. The predicted octanol–water partition coefficient (Wildman–Crippen LogP) is 6.23. The zero-order valence-corrected chi connectivity index (χ0v) is 21.5. The van der Waals surface area contributed by atoms with Gasteiger partial charge in [0, 0.05) is 12.6 Å². The van der Waals surface area contributed by atoms with Crippen molar-refractivity contribution in [3.05, 3.63) is 70.8 Å². The van der Waals surface area contributed by atoms with Crippen LogP contribution in [-0.2, 0) is 17.5 Å². The Kier molecular flexibility index (Phi) is 7.54. The molecule has 3 aliphatic rings. The number of nitrogens with zero attached hydrogens (tertiary/aromatic N) is 4. The number of hydrogen-bond acceptors (Lipinski definition) is 5. The Hall–Kier alpha value is -3.21. The smallest absolute Gasteiger partial charge is 0.351 e. The average molecular weight is 548 g/mol. The molecule has 3 unspecified atom stereocenters. The van der Waals surface area contributed by atoms with Crippen molar-refractivity contribution in [2.75, 3.05) is 13.1 Å². The van der Waals surface area contributed by atoms with E-state index in [4.69, 9.17) is 0 Å². The van der Waals surface area contributed by atoms with Crippen molar-refractivity contribution in [3.8, 4) is 0 Å². The van der Waals surface area contributed by atoms with Gasteiger partial charge in [0.1, 0.15) is 17.0 Å². The standard InChI is InChI=1S/C28H30F5N5O/c1-17-35-25(37-36-17)27(26(39)34-16-18-12-21(28(31,32)33)14-23(30)13-18)9-6-24(15-27)38-10-7-20(8-11-38)19-2-4-22(29)5-3-19/h2-5,12-14,17,20,24H,6-11,15-16H2,1H3,(H,34,39). The highest BCUT2D eigenvalue weighted by Gasteiger charge is 2.52. The molecule has 2 heterocycles. The molecule has 1 amide bonds. The van der Waals surface area contributed by atoms with Crippen molar-refractivity contribution < 1.29 is 26.7 Å². The molecule has 1 aliphatic carbocycles. The topological polar surface area (TPSA) is 69.4 Å². The van der Waals surface area contributed by atoms with Gasteiger partial charge in [0.25, 0.3) is 0 Å². The first-order chi connectivity index (χ1) is 18.5. The van der Waals surface area contributed by atoms with Gasteiger partial charge in [0.2, 0.25) is 5.91 Å². The van der Waals surface area contributed by atoms with Crippen molar-refractivity contribution in [2.45, 2.75) is 69.9 Å². The molecular weight excluding hydrogens is 517 g/mol. The van der Waals surface area contributed by atoms with Gasteiger partial charge in [-0.15, -0.1) is 5.11 Å². The molecule has 2 aliphatic heterocycles. The summed E-state index contributed by atoms with van der Waals surface area (Å²) in [4.78, 5) is 20.5. The van der Waals surface area contributed by atoms with Crippen LogP contribution in [0.2, 0.25) is 0 Å². The first kappa shape index (κ1) is 27.4. The maximum Gasteiger partial charge on any atom is 0.416 e. The fraction of sp³-hybridized carbons (Fsp3) is 0.500. The van der Waals surface area contributed by atoms with Crippen LogP contribution in [-0.4, -0.2) is 41.9 Å². The van der Waals surface area contributed by atoms with Crippen LogP contribution in [0.25, 0.3) is 0 Å². The molecule has 0 radical (unpaired) electrons. The molecule has 1 saturated heterocycles. The number of hydrogen-bond donors (Lipinski definition) is 1. The number of amides is 1. The normalized spacial score (nSPS) is 26.2. The predicted molar refractivity (Wildman–Crippen MR) is 135 cm³/mol. The van der Waals surface area contributed by atoms with Crippen LogP contribution in [0, 0.1) is 17.0 Å². The van der Waals surface area contributed by atoms with Crippen molar-refractivity contribution in [1.82, 2.24) is 10.2 Å². The quantitative estimate of drug-likeness (QED) is 0.436. The molecule has 11 heteroatoms. The van der Waals surface area contributed by atoms with Gasteiger partial charge in [0.15, 0.2) is 12.0 Å². The second kappa shape index (κ2) is 10.7. The number of amidine groups is 1. The number of nitrogens with one attached hydrogen (secondary N) is 1. The maximum absolute atomic E-state index is 13.9. The Morgan fingerprint density at radius 2 is 1.77 bits per heavy atom. The molecule has 2 fully saturated rings. The average Bonchev–Trinajstić information content (AvgIpc) is 3.55. The molecule has 5 rings (SSSR count). The zero-order chi connectivity index (χ0) is 27.8. The summed E-state index contributed by atoms with van der Waals surface area (Å²) in [6, 6.07) is 9.00. The van der Waals surface area contributed by atoms with E-state index >= 15 is 0 Å². The Bertz CT molecular complexity index is 1270. The highest BCUT2D eigenvalue weighted by Crippen LogP contribution is 2.45. The fourth-order valence-corrected chi connectivity index (χ4v) is 6.03. The van der Waals surface area contributed by atoms with E-state index in [9.17, 15) is 26.7 Å². The number of halogens is 5. The summed E-state index contributed by atoms with van der Waals surface area (Å²) in [5.41, 5.74) is -1.02. The summed E-state index contributed by atoms with van der Waals surface area (Å²) in [6.07, 6.45) is -1.60. The van der Waals surface area contributed by atoms with Gasteiger partial charge in [-0.1, -0.05) is 12.1 Å². The fourth-order valence-electron chi connectivity index (χ4n) is 6.03. The molecule has 3 atom stereocenters. The molecule has 0 aromatic heterocycles. The molecule has 1 N–H and O–H groups in total. The second-order valence-electron chi connectivity index (χ2n) is 10.7. The van der Waals surface area contributed by atoms with Crippen LogP contribution in [0.15, 0.2) is 57.7 Å². The summed E-state index contributed by atoms with van der Waals surface area (Å²) in [7, 11) is 0. The summed E-state index contributed by atoms with van der Waals surface area (Å²) in [5, 5.41) is 11.0. The number of aliphatic imine (C=N–C) groups is 1. The van der Waals surface area contributed by atoms with E-state index in [2.05, 4.69) is 25.4 Å². The molecule has 208 valence electrons. The lowest BCUT2D eigenvalue weighted by atomic mass is 9.82. The van der Waals surface area contributed by atoms with Gasteiger partial charge in [-0.05, 0) is 99.5 Å². The number of carbonyl (C=O) groups is 1. The number of piperidine rings is 1. The van der Waals surface area contributed by atoms with E-state index in [0.29, 0.717) is 30.7 Å². The minimum absolute atomic E-state index is 0.0200. The number of benzene rings is 2. The van der Waals surface area contributed by atoms with Gasteiger partial charge >= 0.3 is 6.18 Å². The van der Waals surface area contributed by atoms with E-state index in [1.165, 1.54) is 12.1 Å². The molecule has 2 aromatic rings. The number of carbonyl (C=O) groups excluding carboxylic acids is 1. The number of likely N-dealkylation sites (tertiary alicyclic amines) is 1. The Balaban J connectivity index is 1.28. The van der Waals surface area contributed by atoms with Gasteiger partial charge in [-0.2, -0.15) is 18.3 Å². The molecule has 39 heavy (non-hydrogen) atoms. The van der Waals surface area contributed by atoms with Crippen molar-refractivity contribution >= 4 is 11.7 Å². The van der Waals surface area contributed by atoms with E-state index in [0.717, 1.165) is 50.0 Å². The Morgan fingerprint density at radius 3 is 2.41 bits per heavy atom. The minimum atomic E-state index is -4.69. The van der Waals surface area contributed by atoms with E-state index in [1.807, 2.05) is 12.1 Å². The van der Waals surface area contributed by atoms with Gasteiger partial charge in [0.05, 0.1) is 5.56 Å². The number of alkyl halides is 3. The third-order valence-electron chi connectivity index (χ3n) is 8.11. The Morgan fingerprint density at radius 1 is 1.05 bits per heavy atom. The van der Waals surface area contributed by atoms with Crippen molar-refractivity contribution in [3.63, 3.8) is 0 Å². The van der Waals surface area contributed by atoms with Crippen LogP contribution in [0.4, 0.5) is 22.0 Å². The lowest BCUT2D eigenvalue weighted by molar-refractivity contribution is -0.137. The molecular formula is C28H30F5N5O. The second-order valence-corrected chi connectivity index (χ2v) is 10.7. The maximum atomic E-state index is 13.9. The molecule has 2 aromatic carbocycles. The largest absolute Gasteiger partial charge is 0.416 e. The summed E-state index contributed by atoms with van der Waals surface area (Å²) >= 11 is 0. The van der Waals surface area contributed by atoms with Crippen LogP contribution in [0.1, 0.15) is 61.6 Å². The van der Waals surface area contributed by atoms with Gasteiger partial charge in [-0.3, -0.25) is 4.79 Å². The zero-order valence-electron chi connectivity index (χ0n) is 21.5. The van der Waals surface area contributed by atoms with Crippen LogP contribution in [0.5, 0.6) is 0 Å². The summed E-state index contributed by atoms with van der Waals surface area (Å²) < 4.78 is 66.6. The molecule has 6 nitrogen and oxygen atoms in total. The summed E-state index contributed by atoms with van der Waals surface area (Å²) in [6.45, 7) is 3.17. The Labute approximate surface area is 223 Å². The monoisotopic (exact) mass is 547 g/mol. The van der Waals surface area contributed by atoms with Crippen molar-refractivity contribution in [1.29, 1.82) is 0 Å². The van der Waals surface area contributed by atoms with Crippen LogP contribution in [0.3, 0.4) is 0 Å². The third kappa shape index (κ3) is 5.88. The van der Waals surface area contributed by atoms with Gasteiger partial charge in [-0.25, -0.2) is 13.8 Å². The van der Waals surface area contributed by atoms with Crippen LogP contribution >= 0.6 is 0 Å². The van der Waals surface area contributed by atoms with E-state index in [1.54, 1.807) is 6.92 Å². The highest BCUT2D eigenvalue weighted by atomic mass is 19.4. The molecule has 1 saturated carbocycles. The summed E-state index contributed by atoms with van der Waals surface area (Å²) in [5.74, 6) is -0.979. The van der Waals surface area contributed by atoms with Crippen LogP contribution < -0.4 is 5.32 Å². The first-order valence-corrected chi connectivity index (χ1v) is 13.2. The number of azo groups is 1. The van der Waals surface area contributed by atoms with E-state index in [-0.39, 0.29) is 24.0 Å². The minimum Gasteiger partial charge on any atom is -0.351 e. The first-order valence-electron chi connectivity index (χ1n) is 13.2. The number of rotatable bonds is 6. The molecule has 0 spiro atoms. The lowest BCUT2D eigenvalue weighted by Gasteiger charge is -2.37. The molecule has 0 bridgehead atoms.